The van der Waals surface area contributed by atoms with Crippen LogP contribution >= 0.6 is 23.1 Å². The fraction of sp³-hybridized carbons (Fsp3) is 0.125. The number of aromatic amines is 1. The second-order valence-corrected chi connectivity index (χ2v) is 7.09. The van der Waals surface area contributed by atoms with Crippen molar-refractivity contribution in [3.63, 3.8) is 0 Å². The molecule has 0 bridgehead atoms. The summed E-state index contributed by atoms with van der Waals surface area (Å²) < 4.78 is 26.3. The average Bonchev–Trinajstić information content (AvgIpc) is 2.96. The predicted octanol–water partition coefficient (Wildman–Crippen LogP) is 0.844. The van der Waals surface area contributed by atoms with E-state index in [0.29, 0.717) is 4.34 Å². The number of aliphatic carboxylic acids is 1. The molecule has 0 atom stereocenters. The zero-order valence-corrected chi connectivity index (χ0v) is 11.7. The second-order valence-electron chi connectivity index (χ2n) is 3.21. The van der Waals surface area contributed by atoms with Gasteiger partial charge in [0.2, 0.25) is 5.13 Å². The van der Waals surface area contributed by atoms with E-state index in [4.69, 9.17) is 5.11 Å². The lowest BCUT2D eigenvalue weighted by Gasteiger charge is -2.00. The van der Waals surface area contributed by atoms with Crippen LogP contribution in [0.15, 0.2) is 27.7 Å². The largest absolute Gasteiger partial charge is 0.481 e. The molecule has 0 spiro atoms. The number of carboxylic acids is 1. The van der Waals surface area contributed by atoms with Crippen LogP contribution in [0, 0.1) is 0 Å². The molecule has 2 rings (SSSR count). The minimum absolute atomic E-state index is 0.0856. The number of hydrogen-bond donors (Lipinski definition) is 3. The standard InChI is InChI=1S/C8H8N4O4S3/c13-6(14)4-17-8-11-10-7(18-8)12-19(15,16)5-1-2-9-3-5/h1-3,9H,4H2,(H,10,12)(H,13,14). The third kappa shape index (κ3) is 3.68. The monoisotopic (exact) mass is 320 g/mol. The molecule has 0 amide bonds. The molecule has 2 aromatic rings. The first kappa shape index (κ1) is 13.8. The molecule has 0 radical (unpaired) electrons. The Bertz CT molecular complexity index is 664. The van der Waals surface area contributed by atoms with Crippen molar-refractivity contribution in [1.29, 1.82) is 0 Å². The molecule has 0 aromatic carbocycles. The molecule has 0 saturated heterocycles. The number of nitrogens with zero attached hydrogens (tertiary/aromatic N) is 2. The van der Waals surface area contributed by atoms with Crippen molar-refractivity contribution in [3.8, 4) is 0 Å². The summed E-state index contributed by atoms with van der Waals surface area (Å²) in [6.07, 6.45) is 2.83. The number of H-pyrrole nitrogens is 1. The van der Waals surface area contributed by atoms with Crippen LogP contribution in [0.25, 0.3) is 0 Å². The normalized spacial score (nSPS) is 11.4. The number of carbonyl (C=O) groups is 1. The Morgan fingerprint density at radius 2 is 2.32 bits per heavy atom. The van der Waals surface area contributed by atoms with Gasteiger partial charge in [0, 0.05) is 12.4 Å². The molecule has 0 aliphatic rings. The van der Waals surface area contributed by atoms with Crippen molar-refractivity contribution in [1.82, 2.24) is 15.2 Å². The van der Waals surface area contributed by atoms with Gasteiger partial charge in [-0.15, -0.1) is 10.2 Å². The van der Waals surface area contributed by atoms with Crippen molar-refractivity contribution in [2.24, 2.45) is 0 Å². The molecule has 0 fully saturated rings. The fourth-order valence-electron chi connectivity index (χ4n) is 1.08. The highest BCUT2D eigenvalue weighted by Crippen LogP contribution is 2.26. The molecule has 0 aliphatic heterocycles. The number of sulfonamides is 1. The summed E-state index contributed by atoms with van der Waals surface area (Å²) in [7, 11) is -3.69. The summed E-state index contributed by atoms with van der Waals surface area (Å²) >= 11 is 1.95. The van der Waals surface area contributed by atoms with E-state index in [1.54, 1.807) is 0 Å². The van der Waals surface area contributed by atoms with Gasteiger partial charge in [0.1, 0.15) is 4.90 Å². The quantitative estimate of drug-likeness (QED) is 0.673. The molecule has 102 valence electrons. The topological polar surface area (TPSA) is 125 Å². The first-order valence-corrected chi connectivity index (χ1v) is 8.09. The molecule has 19 heavy (non-hydrogen) atoms. The molecule has 0 aliphatic carbocycles. The summed E-state index contributed by atoms with van der Waals surface area (Å²) in [5.41, 5.74) is 0. The van der Waals surface area contributed by atoms with Gasteiger partial charge >= 0.3 is 5.97 Å². The van der Waals surface area contributed by atoms with Crippen LogP contribution in [-0.2, 0) is 14.8 Å². The van der Waals surface area contributed by atoms with Crippen molar-refractivity contribution in [2.75, 3.05) is 10.5 Å². The highest BCUT2D eigenvalue weighted by Gasteiger charge is 2.17. The summed E-state index contributed by atoms with van der Waals surface area (Å²) in [5.74, 6) is -1.13. The Labute approximate surface area is 116 Å². The maximum Gasteiger partial charge on any atom is 0.313 e. The molecule has 11 heteroatoms. The van der Waals surface area contributed by atoms with E-state index in [9.17, 15) is 13.2 Å². The van der Waals surface area contributed by atoms with Crippen LogP contribution < -0.4 is 4.72 Å². The van der Waals surface area contributed by atoms with Gasteiger partial charge < -0.3 is 10.1 Å². The van der Waals surface area contributed by atoms with Crippen molar-refractivity contribution in [3.05, 3.63) is 18.5 Å². The van der Waals surface area contributed by atoms with E-state index >= 15 is 0 Å². The third-order valence-corrected chi connectivity index (χ3v) is 5.25. The fourth-order valence-corrected chi connectivity index (χ4v) is 3.76. The third-order valence-electron chi connectivity index (χ3n) is 1.83. The number of rotatable bonds is 6. The van der Waals surface area contributed by atoms with E-state index < -0.39 is 16.0 Å². The minimum Gasteiger partial charge on any atom is -0.481 e. The van der Waals surface area contributed by atoms with Crippen molar-refractivity contribution in [2.45, 2.75) is 9.24 Å². The van der Waals surface area contributed by atoms with Gasteiger partial charge in [0.05, 0.1) is 5.75 Å². The number of hydrogen-bond acceptors (Lipinski definition) is 7. The van der Waals surface area contributed by atoms with Crippen LogP contribution in [0.3, 0.4) is 0 Å². The Hall–Kier alpha value is -1.59. The Morgan fingerprint density at radius 1 is 1.53 bits per heavy atom. The van der Waals surface area contributed by atoms with Gasteiger partial charge in [-0.2, -0.15) is 0 Å². The number of nitrogens with one attached hydrogen (secondary N) is 2. The SMILES string of the molecule is O=C(O)CSc1nnc(NS(=O)(=O)c2cc[nH]c2)s1. The average molecular weight is 320 g/mol. The zero-order valence-electron chi connectivity index (χ0n) is 9.23. The maximum absolute atomic E-state index is 11.8. The summed E-state index contributed by atoms with van der Waals surface area (Å²) in [6, 6.07) is 1.41. The van der Waals surface area contributed by atoms with Gasteiger partial charge in [-0.1, -0.05) is 23.1 Å². The molecule has 0 unspecified atom stereocenters. The van der Waals surface area contributed by atoms with E-state index in [-0.39, 0.29) is 15.8 Å². The first-order chi connectivity index (χ1) is 8.97. The number of anilines is 1. The lowest BCUT2D eigenvalue weighted by molar-refractivity contribution is -0.133. The second kappa shape index (κ2) is 5.59. The summed E-state index contributed by atoms with van der Waals surface area (Å²) in [4.78, 5) is 13.1. The predicted molar refractivity (Wildman–Crippen MR) is 69.9 cm³/mol. The Balaban J connectivity index is 2.06. The lowest BCUT2D eigenvalue weighted by Crippen LogP contribution is -2.11. The molecular weight excluding hydrogens is 312 g/mol. The van der Waals surface area contributed by atoms with Crippen LogP contribution in [0.4, 0.5) is 5.13 Å². The minimum atomic E-state index is -3.69. The molecule has 0 saturated carbocycles. The van der Waals surface area contributed by atoms with Crippen LogP contribution in [-0.4, -0.2) is 40.4 Å². The van der Waals surface area contributed by atoms with Gasteiger partial charge in [-0.05, 0) is 6.07 Å². The smallest absolute Gasteiger partial charge is 0.313 e. The van der Waals surface area contributed by atoms with Crippen LogP contribution in [0.5, 0.6) is 0 Å². The van der Waals surface area contributed by atoms with E-state index in [0.717, 1.165) is 23.1 Å². The molecule has 2 aromatic heterocycles. The molecule has 2 heterocycles. The summed E-state index contributed by atoms with van der Waals surface area (Å²) in [5, 5.41) is 15.9. The highest BCUT2D eigenvalue weighted by molar-refractivity contribution is 8.01. The number of thioether (sulfide) groups is 1. The van der Waals surface area contributed by atoms with Crippen molar-refractivity contribution >= 4 is 44.2 Å². The van der Waals surface area contributed by atoms with Gasteiger partial charge in [0.15, 0.2) is 4.34 Å². The maximum atomic E-state index is 11.8. The zero-order chi connectivity index (χ0) is 13.9. The van der Waals surface area contributed by atoms with E-state index in [1.807, 2.05) is 0 Å². The van der Waals surface area contributed by atoms with Gasteiger partial charge in [0.25, 0.3) is 10.0 Å². The molecule has 8 nitrogen and oxygen atoms in total. The number of carboxylic acid groups (broad SMARTS) is 1. The van der Waals surface area contributed by atoms with Crippen molar-refractivity contribution < 1.29 is 18.3 Å². The lowest BCUT2D eigenvalue weighted by atomic mass is 10.7. The van der Waals surface area contributed by atoms with Crippen LogP contribution in [0.2, 0.25) is 0 Å². The van der Waals surface area contributed by atoms with E-state index in [2.05, 4.69) is 19.9 Å². The molecular formula is C8H8N4O4S3. The number of aromatic nitrogens is 3. The van der Waals surface area contributed by atoms with Crippen LogP contribution in [0.1, 0.15) is 0 Å². The first-order valence-electron chi connectivity index (χ1n) is 4.81. The Kier molecular flexibility index (Phi) is 4.07. The van der Waals surface area contributed by atoms with Gasteiger partial charge in [-0.25, -0.2) is 8.42 Å². The Morgan fingerprint density at radius 3 is 2.95 bits per heavy atom. The highest BCUT2D eigenvalue weighted by atomic mass is 32.2. The van der Waals surface area contributed by atoms with Gasteiger partial charge in [-0.3, -0.25) is 9.52 Å². The van der Waals surface area contributed by atoms with E-state index in [1.165, 1.54) is 18.5 Å². The molecule has 3 N–H and O–H groups in total. The summed E-state index contributed by atoms with van der Waals surface area (Å²) in [6.45, 7) is 0.